The maximum absolute atomic E-state index is 13.0. The molecule has 0 unspecified atom stereocenters. The highest BCUT2D eigenvalue weighted by Crippen LogP contribution is 2.26. The van der Waals surface area contributed by atoms with Gasteiger partial charge in [0.2, 0.25) is 15.9 Å². The molecule has 1 heterocycles. The average Bonchev–Trinajstić information content (AvgIpc) is 2.78. The molecule has 7 nitrogen and oxygen atoms in total. The van der Waals surface area contributed by atoms with E-state index in [4.69, 9.17) is 11.6 Å². The van der Waals surface area contributed by atoms with Crippen molar-refractivity contribution in [1.82, 2.24) is 9.62 Å². The molecule has 31 heavy (non-hydrogen) atoms. The van der Waals surface area contributed by atoms with Crippen molar-refractivity contribution in [2.75, 3.05) is 25.0 Å². The van der Waals surface area contributed by atoms with Crippen LogP contribution < -0.4 is 10.6 Å². The molecule has 3 rings (SSSR count). The molecule has 0 aliphatic carbocycles. The van der Waals surface area contributed by atoms with Gasteiger partial charge in [0.05, 0.1) is 22.1 Å². The molecule has 0 radical (unpaired) electrons. The van der Waals surface area contributed by atoms with Crippen LogP contribution in [0, 0.1) is 5.92 Å². The molecule has 2 aromatic carbocycles. The first-order chi connectivity index (χ1) is 14.8. The third-order valence-corrected chi connectivity index (χ3v) is 7.17. The third-order valence-electron chi connectivity index (χ3n) is 5.04. The fourth-order valence-electron chi connectivity index (χ4n) is 3.42. The van der Waals surface area contributed by atoms with Gasteiger partial charge in [0.15, 0.2) is 0 Å². The number of carbonyl (C=O) groups excluding carboxylic acids is 2. The van der Waals surface area contributed by atoms with Crippen LogP contribution in [0.4, 0.5) is 5.69 Å². The van der Waals surface area contributed by atoms with Crippen molar-refractivity contribution < 1.29 is 18.0 Å². The van der Waals surface area contributed by atoms with Crippen LogP contribution in [0.1, 0.15) is 23.2 Å². The first-order valence-electron chi connectivity index (χ1n) is 9.87. The summed E-state index contributed by atoms with van der Waals surface area (Å²) < 4.78 is 27.2. The van der Waals surface area contributed by atoms with Crippen molar-refractivity contribution in [2.24, 2.45) is 5.92 Å². The van der Waals surface area contributed by atoms with Gasteiger partial charge in [-0.1, -0.05) is 29.8 Å². The van der Waals surface area contributed by atoms with Crippen molar-refractivity contribution in [3.63, 3.8) is 0 Å². The van der Waals surface area contributed by atoms with E-state index in [9.17, 15) is 18.0 Å². The van der Waals surface area contributed by atoms with Gasteiger partial charge in [0.1, 0.15) is 0 Å². The normalized spacial score (nSPS) is 17.0. The van der Waals surface area contributed by atoms with E-state index < -0.39 is 15.9 Å². The van der Waals surface area contributed by atoms with E-state index in [1.54, 1.807) is 30.3 Å². The van der Waals surface area contributed by atoms with Crippen molar-refractivity contribution in [2.45, 2.75) is 17.7 Å². The summed E-state index contributed by atoms with van der Waals surface area (Å²) in [5, 5.41) is 5.93. The zero-order valence-corrected chi connectivity index (χ0v) is 18.5. The lowest BCUT2D eigenvalue weighted by Crippen LogP contribution is -2.43. The summed E-state index contributed by atoms with van der Waals surface area (Å²) in [6.07, 6.45) is 2.69. The van der Waals surface area contributed by atoms with Crippen molar-refractivity contribution in [1.29, 1.82) is 0 Å². The van der Waals surface area contributed by atoms with Gasteiger partial charge in [-0.15, -0.1) is 6.58 Å². The highest BCUT2D eigenvalue weighted by atomic mass is 35.5. The number of amides is 2. The Balaban J connectivity index is 1.73. The number of piperidine rings is 1. The molecule has 0 bridgehead atoms. The Kier molecular flexibility index (Phi) is 7.48. The van der Waals surface area contributed by atoms with Gasteiger partial charge in [-0.25, -0.2) is 8.42 Å². The van der Waals surface area contributed by atoms with Crippen LogP contribution in [0.3, 0.4) is 0 Å². The quantitative estimate of drug-likeness (QED) is 0.618. The molecule has 1 fully saturated rings. The molecule has 1 atom stereocenters. The van der Waals surface area contributed by atoms with E-state index in [1.165, 1.54) is 28.6 Å². The molecule has 1 aliphatic heterocycles. The fraction of sp³-hybridized carbons (Fsp3) is 0.273. The summed E-state index contributed by atoms with van der Waals surface area (Å²) >= 11 is 5.86. The lowest BCUT2D eigenvalue weighted by Gasteiger charge is -2.31. The van der Waals surface area contributed by atoms with Crippen LogP contribution in [-0.4, -0.2) is 44.2 Å². The smallest absolute Gasteiger partial charge is 0.253 e. The van der Waals surface area contributed by atoms with Gasteiger partial charge in [-0.3, -0.25) is 9.59 Å². The summed E-state index contributed by atoms with van der Waals surface area (Å²) in [5.74, 6) is -1.17. The molecular weight excluding hydrogens is 438 g/mol. The predicted molar refractivity (Wildman–Crippen MR) is 121 cm³/mol. The Morgan fingerprint density at radius 1 is 1.16 bits per heavy atom. The molecule has 0 aromatic heterocycles. The highest BCUT2D eigenvalue weighted by Gasteiger charge is 2.33. The number of hydrogen-bond acceptors (Lipinski definition) is 4. The minimum absolute atomic E-state index is 0.0711. The van der Waals surface area contributed by atoms with Crippen LogP contribution in [0.15, 0.2) is 66.1 Å². The molecule has 0 saturated carbocycles. The Bertz CT molecular complexity index is 1070. The minimum atomic E-state index is -3.73. The second-order valence-electron chi connectivity index (χ2n) is 7.19. The van der Waals surface area contributed by atoms with Crippen LogP contribution in [-0.2, 0) is 14.8 Å². The molecule has 0 spiro atoms. The zero-order valence-electron chi connectivity index (χ0n) is 16.9. The number of benzene rings is 2. The Hall–Kier alpha value is -2.68. The number of carbonyl (C=O) groups is 2. The second-order valence-corrected chi connectivity index (χ2v) is 9.56. The molecule has 164 valence electrons. The van der Waals surface area contributed by atoms with E-state index in [1.807, 2.05) is 0 Å². The van der Waals surface area contributed by atoms with Gasteiger partial charge in [-0.05, 0) is 49.2 Å². The number of nitrogens with zero attached hydrogens (tertiary/aromatic N) is 1. The molecule has 1 saturated heterocycles. The third kappa shape index (κ3) is 5.52. The van der Waals surface area contributed by atoms with E-state index in [0.717, 1.165) is 0 Å². The van der Waals surface area contributed by atoms with Crippen LogP contribution in [0.5, 0.6) is 0 Å². The van der Waals surface area contributed by atoms with Gasteiger partial charge in [0, 0.05) is 24.7 Å². The number of para-hydroxylation sites is 1. The summed E-state index contributed by atoms with van der Waals surface area (Å²) in [6, 6.07) is 12.7. The van der Waals surface area contributed by atoms with Crippen molar-refractivity contribution >= 4 is 39.1 Å². The van der Waals surface area contributed by atoms with Crippen LogP contribution >= 0.6 is 11.6 Å². The number of hydrogen-bond donors (Lipinski definition) is 2. The lowest BCUT2D eigenvalue weighted by atomic mass is 9.98. The summed E-state index contributed by atoms with van der Waals surface area (Å²) in [4.78, 5) is 25.4. The summed E-state index contributed by atoms with van der Waals surface area (Å²) in [6.45, 7) is 4.29. The largest absolute Gasteiger partial charge is 0.349 e. The van der Waals surface area contributed by atoms with E-state index in [-0.39, 0.29) is 23.3 Å². The van der Waals surface area contributed by atoms with E-state index >= 15 is 0 Å². The molecule has 9 heteroatoms. The highest BCUT2D eigenvalue weighted by molar-refractivity contribution is 7.89. The van der Waals surface area contributed by atoms with Crippen molar-refractivity contribution in [3.05, 3.63) is 71.8 Å². The Morgan fingerprint density at radius 3 is 2.58 bits per heavy atom. The van der Waals surface area contributed by atoms with Gasteiger partial charge in [-0.2, -0.15) is 4.31 Å². The molecule has 2 aromatic rings. The average molecular weight is 462 g/mol. The number of anilines is 1. The summed E-state index contributed by atoms with van der Waals surface area (Å²) in [7, 11) is -3.73. The van der Waals surface area contributed by atoms with E-state index in [0.29, 0.717) is 42.2 Å². The maximum atomic E-state index is 13.0. The SMILES string of the molecule is C=CCNC(=O)c1ccccc1NC(=O)[C@@H]1CCCN(S(=O)(=O)c2ccc(Cl)cc2)C1. The topological polar surface area (TPSA) is 95.6 Å². The molecule has 2 N–H and O–H groups in total. The number of halogens is 1. The van der Waals surface area contributed by atoms with Gasteiger partial charge < -0.3 is 10.6 Å². The molecular formula is C22H24ClN3O4S. The van der Waals surface area contributed by atoms with Crippen molar-refractivity contribution in [3.8, 4) is 0 Å². The molecule has 2 amide bonds. The maximum Gasteiger partial charge on any atom is 0.253 e. The second kappa shape index (κ2) is 10.1. The molecule has 1 aliphatic rings. The van der Waals surface area contributed by atoms with Crippen LogP contribution in [0.2, 0.25) is 5.02 Å². The van der Waals surface area contributed by atoms with Gasteiger partial charge in [0.25, 0.3) is 5.91 Å². The number of nitrogens with one attached hydrogen (secondary N) is 2. The monoisotopic (exact) mass is 461 g/mol. The van der Waals surface area contributed by atoms with Gasteiger partial charge >= 0.3 is 0 Å². The first kappa shape index (κ1) is 23.0. The van der Waals surface area contributed by atoms with Crippen LogP contribution in [0.25, 0.3) is 0 Å². The zero-order chi connectivity index (χ0) is 22.4. The Morgan fingerprint density at radius 2 is 1.87 bits per heavy atom. The fourth-order valence-corrected chi connectivity index (χ4v) is 5.07. The number of rotatable bonds is 7. The van der Waals surface area contributed by atoms with E-state index in [2.05, 4.69) is 17.2 Å². The predicted octanol–water partition coefficient (Wildman–Crippen LogP) is 3.30. The minimum Gasteiger partial charge on any atom is -0.349 e. The standard InChI is InChI=1S/C22H24ClN3O4S/c1-2-13-24-22(28)19-7-3-4-8-20(19)25-21(27)16-6-5-14-26(15-16)31(29,30)18-11-9-17(23)10-12-18/h2-4,7-12,16H,1,5-6,13-15H2,(H,24,28)(H,25,27)/t16-/m1/s1. The lowest BCUT2D eigenvalue weighted by molar-refractivity contribution is -0.120. The summed E-state index contributed by atoms with van der Waals surface area (Å²) in [5.41, 5.74) is 0.714. The Labute approximate surface area is 187 Å². The number of sulfonamides is 1. The first-order valence-corrected chi connectivity index (χ1v) is 11.7.